The van der Waals surface area contributed by atoms with Gasteiger partial charge in [0.2, 0.25) is 0 Å². The van der Waals surface area contributed by atoms with Crippen molar-refractivity contribution >= 4 is 23.5 Å². The van der Waals surface area contributed by atoms with Gasteiger partial charge < -0.3 is 14.8 Å². The maximum absolute atomic E-state index is 12.5. The molecule has 2 bridgehead atoms. The van der Waals surface area contributed by atoms with Crippen molar-refractivity contribution in [1.82, 2.24) is 5.32 Å². The predicted octanol–water partition coefficient (Wildman–Crippen LogP) is 2.43. The molecule has 0 aromatic heterocycles. The van der Waals surface area contributed by atoms with Crippen LogP contribution in [0.25, 0.3) is 0 Å². The highest BCUT2D eigenvalue weighted by Crippen LogP contribution is 2.62. The molecule has 3 aliphatic carbocycles. The third kappa shape index (κ3) is 2.25. The molecule has 1 aromatic carbocycles. The smallest absolute Gasteiger partial charge is 0.316 e. The van der Waals surface area contributed by atoms with E-state index in [1.807, 2.05) is 0 Å². The lowest BCUT2D eigenvalue weighted by Crippen LogP contribution is -2.55. The van der Waals surface area contributed by atoms with E-state index in [2.05, 4.69) is 5.32 Å². The first-order valence-corrected chi connectivity index (χ1v) is 8.60. The Bertz CT molecular complexity index is 694. The Balaban J connectivity index is 1.48. The second-order valence-corrected chi connectivity index (χ2v) is 7.80. The number of methoxy groups -OCH3 is 1. The molecule has 5 rings (SSSR count). The monoisotopic (exact) mass is 349 g/mol. The summed E-state index contributed by atoms with van der Waals surface area (Å²) in [6.07, 6.45) is 2.65. The van der Waals surface area contributed by atoms with Gasteiger partial charge in [-0.05, 0) is 49.3 Å². The molecule has 1 heterocycles. The Morgan fingerprint density at radius 3 is 2.62 bits per heavy atom. The molecule has 5 nitrogen and oxygen atoms in total. The van der Waals surface area contributed by atoms with Crippen molar-refractivity contribution in [1.29, 1.82) is 0 Å². The fourth-order valence-corrected chi connectivity index (χ4v) is 4.92. The summed E-state index contributed by atoms with van der Waals surface area (Å²) >= 11 is 5.97. The van der Waals surface area contributed by atoms with Crippen LogP contribution in [0.4, 0.5) is 0 Å². The van der Waals surface area contributed by atoms with E-state index in [0.717, 1.165) is 19.3 Å². The zero-order valence-corrected chi connectivity index (χ0v) is 14.3. The first-order valence-electron chi connectivity index (χ1n) is 8.22. The van der Waals surface area contributed by atoms with Crippen LogP contribution in [0.1, 0.15) is 29.6 Å². The Morgan fingerprint density at radius 1 is 1.29 bits per heavy atom. The van der Waals surface area contributed by atoms with E-state index in [4.69, 9.17) is 21.1 Å². The molecule has 1 atom stereocenters. The van der Waals surface area contributed by atoms with Crippen LogP contribution in [-0.4, -0.2) is 37.7 Å². The molecule has 4 aliphatic rings. The number of benzene rings is 1. The number of hydrogen-bond acceptors (Lipinski definition) is 4. The first-order chi connectivity index (χ1) is 11.5. The van der Waals surface area contributed by atoms with Crippen LogP contribution >= 0.6 is 11.6 Å². The van der Waals surface area contributed by atoms with Gasteiger partial charge in [0.1, 0.15) is 5.41 Å². The second kappa shape index (κ2) is 5.46. The van der Waals surface area contributed by atoms with Gasteiger partial charge in [-0.25, -0.2) is 0 Å². The molecule has 6 heteroatoms. The summed E-state index contributed by atoms with van der Waals surface area (Å²) in [4.78, 5) is 24.8. The fraction of sp³-hybridized carbons (Fsp3) is 0.556. The number of ether oxygens (including phenoxy) is 2. The summed E-state index contributed by atoms with van der Waals surface area (Å²) in [5.41, 5.74) is -0.150. The topological polar surface area (TPSA) is 64.6 Å². The minimum Gasteiger partial charge on any atom is -0.468 e. The van der Waals surface area contributed by atoms with Crippen LogP contribution in [0.5, 0.6) is 0 Å². The number of carbonyl (C=O) groups is 2. The maximum atomic E-state index is 12.5. The number of halogens is 1. The predicted molar refractivity (Wildman–Crippen MR) is 87.7 cm³/mol. The zero-order chi connectivity index (χ0) is 16.9. The SMILES string of the molecule is COC(=O)C1(C2CC3(NC(=O)c4cccc(Cl)c4)CC2C3)COC1. The van der Waals surface area contributed by atoms with E-state index >= 15 is 0 Å². The lowest BCUT2D eigenvalue weighted by atomic mass is 9.68. The van der Waals surface area contributed by atoms with Crippen molar-refractivity contribution in [3.63, 3.8) is 0 Å². The van der Waals surface area contributed by atoms with E-state index in [1.165, 1.54) is 7.11 Å². The summed E-state index contributed by atoms with van der Waals surface area (Å²) in [5.74, 6) is 0.391. The standard InChI is InChI=1S/C18H20ClNO4/c1-23-16(22)18(9-24-10-18)14-8-17(6-12(14)7-17)20-15(21)11-3-2-4-13(19)5-11/h2-5,12,14H,6-10H2,1H3,(H,20,21). The molecule has 1 amide bonds. The van der Waals surface area contributed by atoms with E-state index in [1.54, 1.807) is 24.3 Å². The minimum atomic E-state index is -0.515. The van der Waals surface area contributed by atoms with Gasteiger partial charge in [0.05, 0.1) is 20.3 Å². The molecule has 1 N–H and O–H groups in total. The van der Waals surface area contributed by atoms with E-state index in [9.17, 15) is 9.59 Å². The molecule has 1 aromatic rings. The van der Waals surface area contributed by atoms with Crippen LogP contribution in [0.3, 0.4) is 0 Å². The highest BCUT2D eigenvalue weighted by atomic mass is 35.5. The summed E-state index contributed by atoms with van der Waals surface area (Å²) in [6, 6.07) is 6.95. The van der Waals surface area contributed by atoms with Gasteiger partial charge in [-0.1, -0.05) is 17.7 Å². The lowest BCUT2D eigenvalue weighted by molar-refractivity contribution is -0.197. The molecule has 128 valence electrons. The summed E-state index contributed by atoms with van der Waals surface area (Å²) in [6.45, 7) is 0.859. The molecule has 1 unspecified atom stereocenters. The highest BCUT2D eigenvalue weighted by Gasteiger charge is 2.66. The summed E-state index contributed by atoms with van der Waals surface area (Å²) in [7, 11) is 1.43. The van der Waals surface area contributed by atoms with Crippen LogP contribution in [0.2, 0.25) is 5.02 Å². The Morgan fingerprint density at radius 2 is 2.04 bits per heavy atom. The molecule has 1 saturated heterocycles. The number of esters is 1. The molecule has 3 saturated carbocycles. The van der Waals surface area contributed by atoms with Crippen molar-refractivity contribution in [3.05, 3.63) is 34.9 Å². The lowest BCUT2D eigenvalue weighted by Gasteiger charge is -2.45. The maximum Gasteiger partial charge on any atom is 0.316 e. The average molecular weight is 350 g/mol. The van der Waals surface area contributed by atoms with Gasteiger partial charge in [0, 0.05) is 16.1 Å². The van der Waals surface area contributed by atoms with Gasteiger partial charge in [-0.15, -0.1) is 0 Å². The van der Waals surface area contributed by atoms with Crippen molar-refractivity contribution in [2.75, 3.05) is 20.3 Å². The Hall–Kier alpha value is -1.59. The van der Waals surface area contributed by atoms with Gasteiger partial charge in [-0.2, -0.15) is 0 Å². The molecule has 1 aliphatic heterocycles. The summed E-state index contributed by atoms with van der Waals surface area (Å²) in [5, 5.41) is 3.73. The fourth-order valence-electron chi connectivity index (χ4n) is 4.73. The molecular weight excluding hydrogens is 330 g/mol. The number of nitrogens with one attached hydrogen (secondary N) is 1. The van der Waals surface area contributed by atoms with Crippen molar-refractivity contribution < 1.29 is 19.1 Å². The Kier molecular flexibility index (Phi) is 3.62. The number of amides is 1. The first kappa shape index (κ1) is 15.9. The number of carbonyl (C=O) groups excluding carboxylic acids is 2. The van der Waals surface area contributed by atoms with Crippen LogP contribution < -0.4 is 5.32 Å². The average Bonchev–Trinajstić information content (AvgIpc) is 3.01. The van der Waals surface area contributed by atoms with Crippen LogP contribution in [0, 0.1) is 17.3 Å². The second-order valence-electron chi connectivity index (χ2n) is 7.36. The zero-order valence-electron chi connectivity index (χ0n) is 13.5. The third-order valence-electron chi connectivity index (χ3n) is 5.97. The van der Waals surface area contributed by atoms with Gasteiger partial charge in [0.15, 0.2) is 0 Å². The van der Waals surface area contributed by atoms with Crippen molar-refractivity contribution in [2.45, 2.75) is 24.8 Å². The van der Waals surface area contributed by atoms with Gasteiger partial charge in [-0.3, -0.25) is 9.59 Å². The third-order valence-corrected chi connectivity index (χ3v) is 6.21. The molecule has 4 fully saturated rings. The molecule has 24 heavy (non-hydrogen) atoms. The number of rotatable bonds is 4. The van der Waals surface area contributed by atoms with Gasteiger partial charge >= 0.3 is 5.97 Å². The molecular formula is C18H20ClNO4. The van der Waals surface area contributed by atoms with E-state index < -0.39 is 5.41 Å². The van der Waals surface area contributed by atoms with Crippen LogP contribution in [0.15, 0.2) is 24.3 Å². The van der Waals surface area contributed by atoms with Gasteiger partial charge in [0.25, 0.3) is 5.91 Å². The van der Waals surface area contributed by atoms with Crippen LogP contribution in [-0.2, 0) is 14.3 Å². The quantitative estimate of drug-likeness (QED) is 0.848. The van der Waals surface area contributed by atoms with E-state index in [0.29, 0.717) is 29.7 Å². The normalized spacial score (nSPS) is 32.4. The largest absolute Gasteiger partial charge is 0.468 e. The number of hydrogen-bond donors (Lipinski definition) is 1. The minimum absolute atomic E-state index is 0.103. The number of fused-ring (bicyclic) bond motifs is 1. The summed E-state index contributed by atoms with van der Waals surface area (Å²) < 4.78 is 10.3. The van der Waals surface area contributed by atoms with E-state index in [-0.39, 0.29) is 23.3 Å². The Labute approximate surface area is 145 Å². The molecule has 0 spiro atoms. The van der Waals surface area contributed by atoms with Crippen molar-refractivity contribution in [2.24, 2.45) is 17.3 Å². The highest BCUT2D eigenvalue weighted by molar-refractivity contribution is 6.30. The molecule has 0 radical (unpaired) electrons. The van der Waals surface area contributed by atoms with Crippen molar-refractivity contribution in [3.8, 4) is 0 Å².